The molecule has 0 unspecified atom stereocenters. The van der Waals surface area contributed by atoms with Crippen molar-refractivity contribution in [3.8, 4) is 0 Å². The minimum absolute atomic E-state index is 0.0170. The third-order valence-electron chi connectivity index (χ3n) is 1.71. The first-order chi connectivity index (χ1) is 4.56. The molecule has 0 bridgehead atoms. The summed E-state index contributed by atoms with van der Waals surface area (Å²) in [6.07, 6.45) is 0. The fourth-order valence-electron chi connectivity index (χ4n) is 1.03. The molecule has 0 aliphatic carbocycles. The molecule has 0 rings (SSSR count). The molecule has 0 spiro atoms. The van der Waals surface area contributed by atoms with E-state index < -0.39 is 0 Å². The maximum absolute atomic E-state index is 2.49. The zero-order valence-corrected chi connectivity index (χ0v) is 16.6. The van der Waals surface area contributed by atoms with Gasteiger partial charge in [0.05, 0.1) is 0 Å². The van der Waals surface area contributed by atoms with Gasteiger partial charge in [0.2, 0.25) is 0 Å². The average molecular weight is 323 g/mol. The van der Waals surface area contributed by atoms with Crippen LogP contribution < -0.4 is 0 Å². The van der Waals surface area contributed by atoms with Gasteiger partial charge in [-0.1, -0.05) is 0 Å². The third kappa shape index (κ3) is 9.63. The van der Waals surface area contributed by atoms with E-state index in [2.05, 4.69) is 19.6 Å². The van der Waals surface area contributed by atoms with E-state index in [9.17, 15) is 0 Å². The molecule has 0 saturated carbocycles. The maximum atomic E-state index is 2.49. The zero-order valence-electron chi connectivity index (χ0n) is 7.74. The normalized spacial score (nSPS) is 14.4. The van der Waals surface area contributed by atoms with Crippen molar-refractivity contribution in [2.75, 3.05) is 0 Å². The summed E-state index contributed by atoms with van der Waals surface area (Å²) in [6.45, 7) is 4.87. The van der Waals surface area contributed by atoms with Gasteiger partial charge in [-0.15, -0.1) is 0 Å². The Balaban J connectivity index is 3.04. The van der Waals surface area contributed by atoms with Crippen molar-refractivity contribution >= 4 is 47.4 Å². The van der Waals surface area contributed by atoms with Crippen LogP contribution in [-0.4, -0.2) is 47.4 Å². The Bertz CT molecular complexity index is 75.4. The summed E-state index contributed by atoms with van der Waals surface area (Å²) in [5.41, 5.74) is 0. The molecule has 0 aliphatic heterocycles. The standard InChI is InChI=1S/C7H21Ge3/c1-7(2,8)6-10-5-4-9-3/h4-6,8-10H2,1-3H3. The predicted octanol–water partition coefficient (Wildman–Crippen LogP) is 0.459. The molecule has 61 valence electrons. The van der Waals surface area contributed by atoms with Crippen molar-refractivity contribution in [2.24, 2.45) is 0 Å². The number of rotatable bonds is 5. The molecule has 0 aliphatic rings. The van der Waals surface area contributed by atoms with E-state index in [0.717, 1.165) is 4.25 Å². The van der Waals surface area contributed by atoms with Crippen LogP contribution in [0.5, 0.6) is 0 Å². The van der Waals surface area contributed by atoms with E-state index in [0.29, 0.717) is 0 Å². The zero-order chi connectivity index (χ0) is 8.04. The molecule has 0 amide bonds. The Morgan fingerprint density at radius 3 is 2.30 bits per heavy atom. The summed E-state index contributed by atoms with van der Waals surface area (Å²) >= 11 is 1.55. The second-order valence-corrected chi connectivity index (χ2v) is 15.6. The second kappa shape index (κ2) is 6.18. The molecule has 0 aromatic carbocycles. The van der Waals surface area contributed by atoms with E-state index in [1.807, 2.05) is 0 Å². The number of hydrogen-bond donors (Lipinski definition) is 0. The SMILES string of the molecule is [CH3][GeH2][CH2][CH2][GeH2][CH2][C](C)(C)[GeH2]. The topological polar surface area (TPSA) is 0 Å². The first-order valence-corrected chi connectivity index (χ1v) is 15.2. The molecule has 0 saturated heterocycles. The van der Waals surface area contributed by atoms with Gasteiger partial charge in [-0.25, -0.2) is 0 Å². The molecule has 0 aromatic rings. The fourth-order valence-corrected chi connectivity index (χ4v) is 17.4. The quantitative estimate of drug-likeness (QED) is 0.509. The molecule has 0 aromatic heterocycles. The van der Waals surface area contributed by atoms with Crippen LogP contribution in [0.3, 0.4) is 0 Å². The molecule has 0 N–H and O–H groups in total. The van der Waals surface area contributed by atoms with Gasteiger partial charge in [0, 0.05) is 0 Å². The fraction of sp³-hybridized carbons (Fsp3) is 1.00. The van der Waals surface area contributed by atoms with Gasteiger partial charge in [-0.3, -0.25) is 0 Å². The Labute approximate surface area is 86.5 Å². The van der Waals surface area contributed by atoms with Crippen LogP contribution in [0, 0.1) is 0 Å². The molecule has 0 fully saturated rings. The van der Waals surface area contributed by atoms with Gasteiger partial charge in [-0.2, -0.15) is 0 Å². The van der Waals surface area contributed by atoms with Crippen LogP contribution in [0.15, 0.2) is 0 Å². The summed E-state index contributed by atoms with van der Waals surface area (Å²) in [6, 6.07) is 0. The van der Waals surface area contributed by atoms with Crippen molar-refractivity contribution in [3.63, 3.8) is 0 Å². The van der Waals surface area contributed by atoms with Crippen LogP contribution in [0.2, 0.25) is 25.8 Å². The van der Waals surface area contributed by atoms with E-state index in [4.69, 9.17) is 0 Å². The van der Waals surface area contributed by atoms with Crippen LogP contribution in [0.25, 0.3) is 0 Å². The van der Waals surface area contributed by atoms with Crippen molar-refractivity contribution in [1.29, 1.82) is 0 Å². The van der Waals surface area contributed by atoms with E-state index in [1.165, 1.54) is 16.5 Å². The van der Waals surface area contributed by atoms with Gasteiger partial charge in [0.15, 0.2) is 0 Å². The predicted molar refractivity (Wildman–Crippen MR) is 60.0 cm³/mol. The summed E-state index contributed by atoms with van der Waals surface area (Å²) < 4.78 is 0.779. The van der Waals surface area contributed by atoms with E-state index in [1.54, 1.807) is 15.8 Å². The molecule has 1 radical (unpaired) electrons. The van der Waals surface area contributed by atoms with Gasteiger partial charge >= 0.3 is 87.0 Å². The summed E-state index contributed by atoms with van der Waals surface area (Å²) in [7, 11) is 0. The molecule has 0 nitrogen and oxygen atoms in total. The van der Waals surface area contributed by atoms with Crippen molar-refractivity contribution < 1.29 is 0 Å². The average Bonchev–Trinajstić information content (AvgIpc) is 1.78. The summed E-state index contributed by atoms with van der Waals surface area (Å²) in [4.78, 5) is 0. The summed E-state index contributed by atoms with van der Waals surface area (Å²) in [5, 5.41) is 5.07. The Morgan fingerprint density at radius 2 is 1.90 bits per heavy atom. The molecule has 3 heteroatoms. The van der Waals surface area contributed by atoms with Crippen LogP contribution in [-0.2, 0) is 0 Å². The molecular weight excluding hydrogens is 302 g/mol. The van der Waals surface area contributed by atoms with E-state index in [-0.39, 0.29) is 30.9 Å². The molecule has 10 heavy (non-hydrogen) atoms. The Kier molecular flexibility index (Phi) is 7.18. The van der Waals surface area contributed by atoms with Gasteiger partial charge in [0.25, 0.3) is 0 Å². The third-order valence-corrected chi connectivity index (χ3v) is 18.2. The molecular formula is C7H21Ge3. The first-order valence-electron chi connectivity index (χ1n) is 4.41. The minimum atomic E-state index is -0.0170. The van der Waals surface area contributed by atoms with Gasteiger partial charge < -0.3 is 0 Å². The van der Waals surface area contributed by atoms with Crippen LogP contribution >= 0.6 is 0 Å². The Hall–Kier alpha value is 1.63. The van der Waals surface area contributed by atoms with Gasteiger partial charge in [-0.05, 0) is 0 Å². The van der Waals surface area contributed by atoms with E-state index >= 15 is 0 Å². The summed E-state index contributed by atoms with van der Waals surface area (Å²) in [5.74, 6) is 2.49. The second-order valence-electron chi connectivity index (χ2n) is 3.97. The monoisotopic (exact) mass is 327 g/mol. The van der Waals surface area contributed by atoms with Crippen LogP contribution in [0.4, 0.5) is 0 Å². The van der Waals surface area contributed by atoms with Crippen molar-refractivity contribution in [3.05, 3.63) is 0 Å². The van der Waals surface area contributed by atoms with Crippen molar-refractivity contribution in [1.82, 2.24) is 0 Å². The van der Waals surface area contributed by atoms with Crippen molar-refractivity contribution in [2.45, 2.75) is 39.6 Å². The van der Waals surface area contributed by atoms with Crippen LogP contribution in [0.1, 0.15) is 13.8 Å². The molecule has 0 atom stereocenters. The molecule has 0 heterocycles. The van der Waals surface area contributed by atoms with Gasteiger partial charge in [0.1, 0.15) is 0 Å². The number of hydrogen-bond acceptors (Lipinski definition) is 0. The first kappa shape index (κ1) is 11.6. The Morgan fingerprint density at radius 1 is 1.30 bits per heavy atom.